The van der Waals surface area contributed by atoms with Crippen LogP contribution in [-0.2, 0) is 16.0 Å². The fourth-order valence-electron chi connectivity index (χ4n) is 1.97. The van der Waals surface area contributed by atoms with Crippen molar-refractivity contribution in [2.75, 3.05) is 11.5 Å². The van der Waals surface area contributed by atoms with Gasteiger partial charge in [0.25, 0.3) is 0 Å². The zero-order valence-corrected chi connectivity index (χ0v) is 11.4. The normalized spacial score (nSPS) is 17.9. The van der Waals surface area contributed by atoms with E-state index in [0.29, 0.717) is 24.3 Å². The van der Waals surface area contributed by atoms with Crippen LogP contribution in [0.3, 0.4) is 0 Å². The Morgan fingerprint density at radius 2 is 2.45 bits per heavy atom. The van der Waals surface area contributed by atoms with Crippen molar-refractivity contribution in [2.24, 2.45) is 0 Å². The van der Waals surface area contributed by atoms with E-state index in [2.05, 4.69) is 5.32 Å². The van der Waals surface area contributed by atoms with Crippen LogP contribution in [0, 0.1) is 5.82 Å². The number of benzene rings is 1. The van der Waals surface area contributed by atoms with Gasteiger partial charge < -0.3 is 15.2 Å². The summed E-state index contributed by atoms with van der Waals surface area (Å²) in [4.78, 5) is 21.1. The van der Waals surface area contributed by atoms with Gasteiger partial charge in [-0.1, -0.05) is 0 Å². The molecule has 2 N–H and O–H groups in total. The minimum atomic E-state index is -1.07. The Kier molecular flexibility index (Phi) is 4.84. The Bertz CT molecular complexity index is 511. The number of rotatable bonds is 7. The fraction of sp³-hybridized carbons (Fsp3) is 0.385. The summed E-state index contributed by atoms with van der Waals surface area (Å²) >= 11 is 1.38. The summed E-state index contributed by atoms with van der Waals surface area (Å²) < 4.78 is 18.7. The molecular formula is C13H14FNO4S. The van der Waals surface area contributed by atoms with E-state index < -0.39 is 12.0 Å². The van der Waals surface area contributed by atoms with Crippen molar-refractivity contribution >= 4 is 24.1 Å². The maximum Gasteiger partial charge on any atom is 0.327 e. The Morgan fingerprint density at radius 3 is 3.15 bits per heavy atom. The average Bonchev–Trinajstić information content (AvgIpc) is 2.79. The van der Waals surface area contributed by atoms with Gasteiger partial charge in [-0.05, 0) is 18.2 Å². The van der Waals surface area contributed by atoms with Gasteiger partial charge in [-0.2, -0.15) is 11.8 Å². The molecule has 1 heterocycles. The molecule has 5 nitrogen and oxygen atoms in total. The number of carboxylic acids is 1. The number of nitrogens with one attached hydrogen (secondary N) is 1. The largest absolute Gasteiger partial charge is 0.489 e. The highest BCUT2D eigenvalue weighted by molar-refractivity contribution is 7.99. The van der Waals surface area contributed by atoms with Gasteiger partial charge >= 0.3 is 5.97 Å². The highest BCUT2D eigenvalue weighted by Crippen LogP contribution is 2.30. The summed E-state index contributed by atoms with van der Waals surface area (Å²) in [6, 6.07) is 3.50. The molecule has 0 saturated heterocycles. The molecule has 0 aromatic heterocycles. The van der Waals surface area contributed by atoms with E-state index in [1.165, 1.54) is 23.9 Å². The molecule has 108 valence electrons. The second-order valence-corrected chi connectivity index (χ2v) is 5.48. The highest BCUT2D eigenvalue weighted by Gasteiger charge is 2.24. The van der Waals surface area contributed by atoms with Crippen LogP contribution < -0.4 is 10.1 Å². The highest BCUT2D eigenvalue weighted by atomic mass is 32.2. The number of aliphatic carboxylic acids is 1. The first-order chi connectivity index (χ1) is 9.60. The first-order valence-electron chi connectivity index (χ1n) is 6.05. The number of carboxylic acid groups (broad SMARTS) is 1. The van der Waals surface area contributed by atoms with Crippen molar-refractivity contribution in [1.29, 1.82) is 0 Å². The molecule has 0 aliphatic carbocycles. The van der Waals surface area contributed by atoms with Gasteiger partial charge in [-0.3, -0.25) is 4.79 Å². The minimum Gasteiger partial charge on any atom is -0.489 e. The van der Waals surface area contributed by atoms with Crippen molar-refractivity contribution in [1.82, 2.24) is 5.32 Å². The molecule has 7 heteroatoms. The molecule has 1 aromatic carbocycles. The summed E-state index contributed by atoms with van der Waals surface area (Å²) in [6.45, 7) is 0. The number of carbonyl (C=O) groups excluding carboxylic acids is 1. The third kappa shape index (κ3) is 3.63. The van der Waals surface area contributed by atoms with Gasteiger partial charge in [0, 0.05) is 23.5 Å². The molecule has 1 aliphatic rings. The van der Waals surface area contributed by atoms with Crippen molar-refractivity contribution in [3.05, 3.63) is 29.6 Å². The summed E-state index contributed by atoms with van der Waals surface area (Å²) in [6.07, 6.45) is 0.894. The van der Waals surface area contributed by atoms with Crippen LogP contribution in [0.5, 0.6) is 5.75 Å². The van der Waals surface area contributed by atoms with Gasteiger partial charge in [-0.25, -0.2) is 9.18 Å². The maximum absolute atomic E-state index is 13.1. The number of hydrogen-bond acceptors (Lipinski definition) is 4. The lowest BCUT2D eigenvalue weighted by Gasteiger charge is -2.13. The summed E-state index contributed by atoms with van der Waals surface area (Å²) in [5.41, 5.74) is 0.830. The molecular weight excluding hydrogens is 285 g/mol. The number of fused-ring (bicyclic) bond motifs is 1. The monoisotopic (exact) mass is 299 g/mol. The number of ether oxygens (including phenoxy) is 1. The molecule has 1 amide bonds. The minimum absolute atomic E-state index is 0.0949. The third-order valence-corrected chi connectivity index (χ3v) is 4.10. The smallest absolute Gasteiger partial charge is 0.327 e. The van der Waals surface area contributed by atoms with Crippen molar-refractivity contribution in [3.63, 3.8) is 0 Å². The summed E-state index contributed by atoms with van der Waals surface area (Å²) in [5.74, 6) is 0.168. The van der Waals surface area contributed by atoms with E-state index in [9.17, 15) is 14.0 Å². The summed E-state index contributed by atoms with van der Waals surface area (Å²) in [7, 11) is 0. The van der Waals surface area contributed by atoms with E-state index in [0.717, 1.165) is 5.56 Å². The van der Waals surface area contributed by atoms with Gasteiger partial charge in [0.15, 0.2) is 0 Å². The van der Waals surface area contributed by atoms with Gasteiger partial charge in [0.1, 0.15) is 23.7 Å². The predicted octanol–water partition coefficient (Wildman–Crippen LogP) is 1.06. The molecule has 0 bridgehead atoms. The van der Waals surface area contributed by atoms with Crippen LogP contribution in [0.25, 0.3) is 0 Å². The second kappa shape index (κ2) is 6.60. The van der Waals surface area contributed by atoms with Gasteiger partial charge in [0.2, 0.25) is 6.41 Å². The Labute approximate surface area is 119 Å². The van der Waals surface area contributed by atoms with E-state index in [1.807, 2.05) is 0 Å². The molecule has 0 spiro atoms. The lowest BCUT2D eigenvalue weighted by atomic mass is 10.1. The lowest BCUT2D eigenvalue weighted by molar-refractivity contribution is -0.139. The van der Waals surface area contributed by atoms with Crippen molar-refractivity contribution in [2.45, 2.75) is 18.6 Å². The van der Waals surface area contributed by atoms with E-state index in [4.69, 9.17) is 9.84 Å². The first kappa shape index (κ1) is 14.6. The Morgan fingerprint density at radius 1 is 1.65 bits per heavy atom. The molecule has 1 aromatic rings. The van der Waals surface area contributed by atoms with Crippen LogP contribution in [0.1, 0.15) is 5.56 Å². The molecule has 2 rings (SSSR count). The van der Waals surface area contributed by atoms with E-state index >= 15 is 0 Å². The molecule has 0 radical (unpaired) electrons. The van der Waals surface area contributed by atoms with Crippen LogP contribution in [0.15, 0.2) is 18.2 Å². The standard InChI is InChI=1S/C13H14FNO4S/c14-9-1-2-12-8(3-9)4-10(19-12)5-20-6-11(13(17)18)15-7-16/h1-3,7,10-11H,4-6H2,(H,15,16)(H,17,18). The molecule has 20 heavy (non-hydrogen) atoms. The quantitative estimate of drug-likeness (QED) is 0.736. The molecule has 2 atom stereocenters. The number of halogens is 1. The molecule has 0 fully saturated rings. The number of amides is 1. The van der Waals surface area contributed by atoms with E-state index in [-0.39, 0.29) is 17.7 Å². The number of carbonyl (C=O) groups is 2. The van der Waals surface area contributed by atoms with Crippen molar-refractivity contribution < 1.29 is 23.8 Å². The Balaban J connectivity index is 1.79. The number of hydrogen-bond donors (Lipinski definition) is 2. The Hall–Kier alpha value is -1.76. The van der Waals surface area contributed by atoms with Gasteiger partial charge in [-0.15, -0.1) is 0 Å². The predicted molar refractivity (Wildman–Crippen MR) is 72.5 cm³/mol. The first-order valence-corrected chi connectivity index (χ1v) is 7.21. The number of thioether (sulfide) groups is 1. The van der Waals surface area contributed by atoms with E-state index in [1.54, 1.807) is 6.07 Å². The van der Waals surface area contributed by atoms with Gasteiger partial charge in [0.05, 0.1) is 0 Å². The lowest BCUT2D eigenvalue weighted by Crippen LogP contribution is -2.38. The van der Waals surface area contributed by atoms with Crippen LogP contribution in [-0.4, -0.2) is 41.1 Å². The molecule has 2 unspecified atom stereocenters. The second-order valence-electron chi connectivity index (χ2n) is 4.41. The zero-order chi connectivity index (χ0) is 14.5. The van der Waals surface area contributed by atoms with Crippen LogP contribution in [0.2, 0.25) is 0 Å². The SMILES string of the molecule is O=CNC(CSCC1Cc2cc(F)ccc2O1)C(=O)O. The fourth-order valence-corrected chi connectivity index (χ4v) is 3.03. The molecule has 1 aliphatic heterocycles. The van der Waals surface area contributed by atoms with Crippen molar-refractivity contribution in [3.8, 4) is 5.75 Å². The van der Waals surface area contributed by atoms with Crippen LogP contribution >= 0.6 is 11.8 Å². The zero-order valence-electron chi connectivity index (χ0n) is 10.5. The van der Waals surface area contributed by atoms with Crippen LogP contribution in [0.4, 0.5) is 4.39 Å². The maximum atomic E-state index is 13.1. The average molecular weight is 299 g/mol. The third-order valence-electron chi connectivity index (χ3n) is 2.92. The topological polar surface area (TPSA) is 75.6 Å². The summed E-state index contributed by atoms with van der Waals surface area (Å²) in [5, 5.41) is 11.1. The molecule has 0 saturated carbocycles.